The molecule has 0 fully saturated rings. The van der Waals surface area contributed by atoms with Crippen LogP contribution in [0, 0.1) is 0 Å². The summed E-state index contributed by atoms with van der Waals surface area (Å²) in [5.41, 5.74) is 0. The first kappa shape index (κ1) is 13.9. The molecule has 5 heteroatoms. The van der Waals surface area contributed by atoms with Crippen molar-refractivity contribution < 1.29 is 12.6 Å². The van der Waals surface area contributed by atoms with Gasteiger partial charge in [0.15, 0.2) is 0 Å². The standard InChI is InChI=1S/C9H20O3SSi/c1-13(10,11)12-8-6-5-7-9-14(2,3)4/h5,7H,6,8-9H2,1-4H3/b7-5+. The maximum absolute atomic E-state index is 10.6. The molecule has 0 spiro atoms. The van der Waals surface area contributed by atoms with Crippen molar-refractivity contribution in [2.75, 3.05) is 12.9 Å². The first-order chi connectivity index (χ1) is 6.21. The zero-order chi connectivity index (χ0) is 11.2. The lowest BCUT2D eigenvalue weighted by molar-refractivity contribution is 0.328. The summed E-state index contributed by atoms with van der Waals surface area (Å²) in [6.07, 6.45) is 5.84. The molecule has 0 aliphatic carbocycles. The van der Waals surface area contributed by atoms with E-state index in [4.69, 9.17) is 0 Å². The molecule has 0 aliphatic rings. The van der Waals surface area contributed by atoms with Crippen molar-refractivity contribution in [3.05, 3.63) is 12.2 Å². The number of rotatable bonds is 6. The Morgan fingerprint density at radius 2 is 1.79 bits per heavy atom. The summed E-state index contributed by atoms with van der Waals surface area (Å²) in [6.45, 7) is 7.14. The molecule has 14 heavy (non-hydrogen) atoms. The van der Waals surface area contributed by atoms with E-state index in [1.807, 2.05) is 6.08 Å². The molecule has 0 aromatic rings. The Morgan fingerprint density at radius 3 is 2.21 bits per heavy atom. The summed E-state index contributed by atoms with van der Waals surface area (Å²) < 4.78 is 25.8. The van der Waals surface area contributed by atoms with Crippen molar-refractivity contribution >= 4 is 18.2 Å². The zero-order valence-electron chi connectivity index (χ0n) is 9.41. The number of hydrogen-bond acceptors (Lipinski definition) is 3. The third kappa shape index (κ3) is 11.9. The second kappa shape index (κ2) is 5.68. The lowest BCUT2D eigenvalue weighted by Gasteiger charge is -2.11. The Bertz CT molecular complexity index is 275. The van der Waals surface area contributed by atoms with Crippen LogP contribution >= 0.6 is 0 Å². The molecule has 0 amide bonds. The van der Waals surface area contributed by atoms with E-state index in [0.717, 1.165) is 12.3 Å². The van der Waals surface area contributed by atoms with Gasteiger partial charge in [0.05, 0.1) is 12.9 Å². The summed E-state index contributed by atoms with van der Waals surface area (Å²) >= 11 is 0. The molecule has 0 saturated carbocycles. The minimum atomic E-state index is -3.26. The zero-order valence-corrected chi connectivity index (χ0v) is 11.2. The van der Waals surface area contributed by atoms with Gasteiger partial charge in [0.25, 0.3) is 10.1 Å². The van der Waals surface area contributed by atoms with Gasteiger partial charge in [-0.15, -0.1) is 0 Å². The first-order valence-electron chi connectivity index (χ1n) is 4.70. The van der Waals surface area contributed by atoms with Crippen LogP contribution in [0.15, 0.2) is 12.2 Å². The molecule has 0 rings (SSSR count). The van der Waals surface area contributed by atoms with Crippen molar-refractivity contribution in [3.63, 3.8) is 0 Å². The van der Waals surface area contributed by atoms with Crippen LogP contribution in [-0.2, 0) is 14.3 Å². The van der Waals surface area contributed by atoms with Gasteiger partial charge >= 0.3 is 0 Å². The Labute approximate surface area is 88.3 Å². The summed E-state index contributed by atoms with van der Waals surface area (Å²) in [5.74, 6) is 0. The van der Waals surface area contributed by atoms with Gasteiger partial charge in [-0.25, -0.2) is 0 Å². The van der Waals surface area contributed by atoms with E-state index in [0.29, 0.717) is 6.42 Å². The summed E-state index contributed by atoms with van der Waals surface area (Å²) in [4.78, 5) is 0. The Kier molecular flexibility index (Phi) is 5.62. The van der Waals surface area contributed by atoms with E-state index in [2.05, 4.69) is 29.9 Å². The van der Waals surface area contributed by atoms with Gasteiger partial charge in [0, 0.05) is 8.07 Å². The maximum Gasteiger partial charge on any atom is 0.264 e. The molecule has 0 aromatic carbocycles. The van der Waals surface area contributed by atoms with E-state index in [1.165, 1.54) is 0 Å². The second-order valence-electron chi connectivity index (χ2n) is 4.55. The molecule has 0 unspecified atom stereocenters. The van der Waals surface area contributed by atoms with E-state index in [1.54, 1.807) is 0 Å². The van der Waals surface area contributed by atoms with Crippen molar-refractivity contribution in [1.82, 2.24) is 0 Å². The number of hydrogen-bond donors (Lipinski definition) is 0. The topological polar surface area (TPSA) is 43.4 Å². The van der Waals surface area contributed by atoms with Crippen LogP contribution in [0.5, 0.6) is 0 Å². The fraction of sp³-hybridized carbons (Fsp3) is 0.778. The smallest absolute Gasteiger partial charge is 0.264 e. The van der Waals surface area contributed by atoms with Crippen LogP contribution < -0.4 is 0 Å². The Balaban J connectivity index is 3.56. The third-order valence-corrected chi connectivity index (χ3v) is 3.53. The molecule has 0 bridgehead atoms. The molecule has 0 N–H and O–H groups in total. The highest BCUT2D eigenvalue weighted by Crippen LogP contribution is 2.08. The molecule has 0 atom stereocenters. The summed E-state index contributed by atoms with van der Waals surface area (Å²) in [6, 6.07) is 1.13. The van der Waals surface area contributed by atoms with Crippen LogP contribution in [0.1, 0.15) is 6.42 Å². The summed E-state index contributed by atoms with van der Waals surface area (Å²) in [7, 11) is -4.26. The quantitative estimate of drug-likeness (QED) is 0.307. The molecule has 0 aliphatic heterocycles. The fourth-order valence-electron chi connectivity index (χ4n) is 0.822. The second-order valence-corrected chi connectivity index (χ2v) is 11.7. The Hall–Kier alpha value is -0.133. The van der Waals surface area contributed by atoms with Crippen LogP contribution in [0.2, 0.25) is 25.7 Å². The summed E-state index contributed by atoms with van der Waals surface area (Å²) in [5, 5.41) is 0. The molecule has 3 nitrogen and oxygen atoms in total. The van der Waals surface area contributed by atoms with Gasteiger partial charge in [0.2, 0.25) is 0 Å². The Morgan fingerprint density at radius 1 is 1.21 bits per heavy atom. The van der Waals surface area contributed by atoms with E-state index >= 15 is 0 Å². The number of allylic oxidation sites excluding steroid dienone is 1. The van der Waals surface area contributed by atoms with E-state index in [9.17, 15) is 8.42 Å². The molecule has 84 valence electrons. The van der Waals surface area contributed by atoms with Crippen molar-refractivity contribution in [2.24, 2.45) is 0 Å². The fourth-order valence-corrected chi connectivity index (χ4v) is 2.10. The van der Waals surface area contributed by atoms with Crippen molar-refractivity contribution in [3.8, 4) is 0 Å². The normalized spacial score (nSPS) is 13.7. The van der Waals surface area contributed by atoms with Gasteiger partial charge in [-0.1, -0.05) is 31.8 Å². The average Bonchev–Trinajstić information content (AvgIpc) is 1.92. The third-order valence-electron chi connectivity index (χ3n) is 1.48. The molecular weight excluding hydrogens is 216 g/mol. The van der Waals surface area contributed by atoms with Crippen molar-refractivity contribution in [2.45, 2.75) is 32.1 Å². The minimum Gasteiger partial charge on any atom is -0.270 e. The molecule has 0 heterocycles. The van der Waals surface area contributed by atoms with E-state index < -0.39 is 18.2 Å². The minimum absolute atomic E-state index is 0.251. The maximum atomic E-state index is 10.6. The first-order valence-corrected chi connectivity index (χ1v) is 10.2. The lowest BCUT2D eigenvalue weighted by atomic mass is 10.4. The van der Waals surface area contributed by atoms with Crippen LogP contribution in [0.4, 0.5) is 0 Å². The average molecular weight is 236 g/mol. The van der Waals surface area contributed by atoms with Crippen molar-refractivity contribution in [1.29, 1.82) is 0 Å². The molecule has 0 radical (unpaired) electrons. The van der Waals surface area contributed by atoms with Gasteiger partial charge < -0.3 is 0 Å². The van der Waals surface area contributed by atoms with Crippen LogP contribution in [0.3, 0.4) is 0 Å². The highest BCUT2D eigenvalue weighted by atomic mass is 32.2. The SMILES string of the molecule is C[Si](C)(C)C/C=C/CCOS(C)(=O)=O. The lowest BCUT2D eigenvalue weighted by Crippen LogP contribution is -2.17. The molecular formula is C9H20O3SSi. The van der Waals surface area contributed by atoms with Gasteiger partial charge in [-0.3, -0.25) is 4.18 Å². The molecule has 0 aromatic heterocycles. The highest BCUT2D eigenvalue weighted by Gasteiger charge is 2.09. The van der Waals surface area contributed by atoms with Gasteiger partial charge in [-0.2, -0.15) is 8.42 Å². The van der Waals surface area contributed by atoms with Crippen LogP contribution in [0.25, 0.3) is 0 Å². The highest BCUT2D eigenvalue weighted by molar-refractivity contribution is 7.85. The predicted molar refractivity (Wildman–Crippen MR) is 62.7 cm³/mol. The monoisotopic (exact) mass is 236 g/mol. The van der Waals surface area contributed by atoms with Crippen LogP contribution in [-0.4, -0.2) is 29.4 Å². The molecule has 0 saturated heterocycles. The van der Waals surface area contributed by atoms with Gasteiger partial charge in [0.1, 0.15) is 0 Å². The van der Waals surface area contributed by atoms with Gasteiger partial charge in [-0.05, 0) is 12.5 Å². The predicted octanol–water partition coefficient (Wildman–Crippen LogP) is 2.25. The largest absolute Gasteiger partial charge is 0.270 e. The van der Waals surface area contributed by atoms with E-state index in [-0.39, 0.29) is 6.61 Å².